The van der Waals surface area contributed by atoms with Crippen molar-refractivity contribution in [3.63, 3.8) is 0 Å². The van der Waals surface area contributed by atoms with Crippen molar-refractivity contribution in [3.05, 3.63) is 45.6 Å². The van der Waals surface area contributed by atoms with Gasteiger partial charge in [0, 0.05) is 10.6 Å². The molecule has 1 N–H and O–H groups in total. The van der Waals surface area contributed by atoms with Crippen molar-refractivity contribution in [2.45, 2.75) is 69.4 Å². The first-order valence-corrected chi connectivity index (χ1v) is 10.9. The molecule has 1 saturated carbocycles. The van der Waals surface area contributed by atoms with Gasteiger partial charge in [-0.3, -0.25) is 4.79 Å². The maximum atomic E-state index is 13.0. The molecule has 1 aliphatic heterocycles. The highest BCUT2D eigenvalue weighted by atomic mass is 35.5. The molecule has 1 aliphatic carbocycles. The van der Waals surface area contributed by atoms with Gasteiger partial charge in [0.1, 0.15) is 5.82 Å². The summed E-state index contributed by atoms with van der Waals surface area (Å²) in [5.41, 5.74) is 4.48. The van der Waals surface area contributed by atoms with Crippen LogP contribution >= 0.6 is 23.4 Å². The van der Waals surface area contributed by atoms with Gasteiger partial charge in [-0.25, -0.2) is 4.68 Å². The Bertz CT molecular complexity index is 899. The fourth-order valence-electron chi connectivity index (χ4n) is 4.23. The number of anilines is 1. The molecule has 0 radical (unpaired) electrons. The zero-order chi connectivity index (χ0) is 19.3. The topological polar surface area (TPSA) is 46.9 Å². The van der Waals surface area contributed by atoms with Crippen molar-refractivity contribution in [2.24, 2.45) is 0 Å². The Hall–Kier alpha value is -1.46. The predicted molar refractivity (Wildman–Crippen MR) is 113 cm³/mol. The van der Waals surface area contributed by atoms with Crippen LogP contribution in [0.3, 0.4) is 0 Å². The molecular formula is C21H26ClN3OS. The van der Waals surface area contributed by atoms with E-state index in [-0.39, 0.29) is 11.2 Å². The van der Waals surface area contributed by atoms with E-state index in [2.05, 4.69) is 29.9 Å². The third-order valence-electron chi connectivity index (χ3n) is 5.77. The second-order valence-electron chi connectivity index (χ2n) is 8.19. The van der Waals surface area contributed by atoms with E-state index in [4.69, 9.17) is 16.7 Å². The first-order chi connectivity index (χ1) is 12.8. The van der Waals surface area contributed by atoms with Crippen LogP contribution in [-0.4, -0.2) is 20.4 Å². The number of hydrogen-bond acceptors (Lipinski definition) is 3. The minimum Gasteiger partial charge on any atom is -0.309 e. The van der Waals surface area contributed by atoms with E-state index in [1.54, 1.807) is 11.8 Å². The fraction of sp³-hybridized carbons (Fsp3) is 0.524. The molecule has 1 aromatic heterocycles. The van der Waals surface area contributed by atoms with Crippen molar-refractivity contribution in [1.82, 2.24) is 9.78 Å². The van der Waals surface area contributed by atoms with Gasteiger partial charge in [-0.2, -0.15) is 5.10 Å². The van der Waals surface area contributed by atoms with Gasteiger partial charge in [-0.1, -0.05) is 30.5 Å². The maximum Gasteiger partial charge on any atom is 0.241 e. The number of aryl methyl sites for hydroxylation is 2. The van der Waals surface area contributed by atoms with Gasteiger partial charge in [-0.15, -0.1) is 11.8 Å². The number of rotatable bonds is 2. The molecule has 6 heteroatoms. The lowest BCUT2D eigenvalue weighted by Gasteiger charge is -2.26. The van der Waals surface area contributed by atoms with Crippen molar-refractivity contribution in [3.8, 4) is 0 Å². The van der Waals surface area contributed by atoms with Crippen LogP contribution in [0, 0.1) is 13.8 Å². The number of amides is 1. The van der Waals surface area contributed by atoms with Crippen LogP contribution in [0.25, 0.3) is 0 Å². The van der Waals surface area contributed by atoms with Crippen LogP contribution in [0.5, 0.6) is 0 Å². The molecule has 2 aliphatic rings. The summed E-state index contributed by atoms with van der Waals surface area (Å²) in [5, 5.41) is 8.89. The summed E-state index contributed by atoms with van der Waals surface area (Å²) in [6.45, 7) is 8.15. The summed E-state index contributed by atoms with van der Waals surface area (Å²) in [6, 6.07) is 6.41. The quantitative estimate of drug-likeness (QED) is 0.686. The number of carbonyl (C=O) groups excluding carboxylic acids is 1. The molecular weight excluding hydrogens is 378 g/mol. The van der Waals surface area contributed by atoms with Crippen molar-refractivity contribution in [2.75, 3.05) is 5.32 Å². The lowest BCUT2D eigenvalue weighted by molar-refractivity contribution is -0.117. The van der Waals surface area contributed by atoms with E-state index in [1.807, 2.05) is 26.0 Å². The largest absolute Gasteiger partial charge is 0.309 e. The molecule has 1 unspecified atom stereocenters. The van der Waals surface area contributed by atoms with Crippen LogP contribution in [0.4, 0.5) is 5.82 Å². The second kappa shape index (κ2) is 6.85. The smallest absolute Gasteiger partial charge is 0.241 e. The van der Waals surface area contributed by atoms with Gasteiger partial charge in [0.25, 0.3) is 0 Å². The van der Waals surface area contributed by atoms with Crippen molar-refractivity contribution < 1.29 is 4.79 Å². The van der Waals surface area contributed by atoms with E-state index in [0.29, 0.717) is 6.04 Å². The summed E-state index contributed by atoms with van der Waals surface area (Å²) in [7, 11) is 0. The second-order valence-corrected chi connectivity index (χ2v) is 10.4. The highest BCUT2D eigenvalue weighted by Crippen LogP contribution is 2.51. The number of halogens is 1. The van der Waals surface area contributed by atoms with Gasteiger partial charge >= 0.3 is 0 Å². The number of aromatic nitrogens is 2. The van der Waals surface area contributed by atoms with E-state index in [9.17, 15) is 4.79 Å². The molecule has 0 bridgehead atoms. The first kappa shape index (κ1) is 18.9. The molecule has 2 heterocycles. The third-order valence-corrected chi connectivity index (χ3v) is 7.51. The summed E-state index contributed by atoms with van der Waals surface area (Å²) in [5.74, 6) is 0.934. The normalized spacial score (nSPS) is 22.4. The Labute approximate surface area is 170 Å². The first-order valence-electron chi connectivity index (χ1n) is 9.62. The summed E-state index contributed by atoms with van der Waals surface area (Å²) >= 11 is 7.89. The van der Waals surface area contributed by atoms with Crippen LogP contribution < -0.4 is 5.32 Å². The molecule has 1 atom stereocenters. The lowest BCUT2D eigenvalue weighted by atomic mass is 9.99. The van der Waals surface area contributed by atoms with E-state index in [1.165, 1.54) is 18.4 Å². The fourth-order valence-corrected chi connectivity index (χ4v) is 5.99. The number of nitrogens with one attached hydrogen (secondary N) is 1. The average molecular weight is 404 g/mol. The summed E-state index contributed by atoms with van der Waals surface area (Å²) < 4.78 is 1.55. The van der Waals surface area contributed by atoms with Crippen molar-refractivity contribution in [1.29, 1.82) is 0 Å². The van der Waals surface area contributed by atoms with Gasteiger partial charge in [0.05, 0.1) is 21.7 Å². The predicted octanol–water partition coefficient (Wildman–Crippen LogP) is 5.82. The molecule has 27 heavy (non-hydrogen) atoms. The third kappa shape index (κ3) is 3.29. The summed E-state index contributed by atoms with van der Waals surface area (Å²) in [6.07, 6.45) is 4.72. The average Bonchev–Trinajstić information content (AvgIpc) is 3.19. The minimum absolute atomic E-state index is 0.0429. The zero-order valence-electron chi connectivity index (χ0n) is 16.3. The van der Waals surface area contributed by atoms with E-state index in [0.717, 1.165) is 40.5 Å². The van der Waals surface area contributed by atoms with Crippen LogP contribution in [0.2, 0.25) is 5.02 Å². The number of benzene rings is 1. The zero-order valence-corrected chi connectivity index (χ0v) is 17.9. The van der Waals surface area contributed by atoms with Crippen LogP contribution in [-0.2, 0) is 4.79 Å². The standard InChI is InChI=1S/C21H26ClN3OS/c1-12-11-14(22)9-10-16(12)18-17-13(2)24-25(15-7-5-6-8-15)19(17)23-20(26)21(3,4)27-18/h9-11,15,18H,5-8H2,1-4H3,(H,23,26). The minimum atomic E-state index is -0.539. The number of nitrogens with zero attached hydrogens (tertiary/aromatic N) is 2. The highest BCUT2D eigenvalue weighted by molar-refractivity contribution is 8.01. The molecule has 1 aromatic carbocycles. The number of thioether (sulfide) groups is 1. The molecule has 1 amide bonds. The Morgan fingerprint density at radius 3 is 2.63 bits per heavy atom. The Kier molecular flexibility index (Phi) is 4.79. The molecule has 4 rings (SSSR count). The Balaban J connectivity index is 1.90. The van der Waals surface area contributed by atoms with Crippen LogP contribution in [0.1, 0.15) is 73.2 Å². The molecule has 0 saturated heterocycles. The van der Waals surface area contributed by atoms with Gasteiger partial charge < -0.3 is 5.32 Å². The number of fused-ring (bicyclic) bond motifs is 1. The van der Waals surface area contributed by atoms with Crippen molar-refractivity contribution >= 4 is 35.1 Å². The van der Waals surface area contributed by atoms with Gasteiger partial charge in [0.2, 0.25) is 5.91 Å². The van der Waals surface area contributed by atoms with Crippen LogP contribution in [0.15, 0.2) is 18.2 Å². The van der Waals surface area contributed by atoms with Gasteiger partial charge in [-0.05, 0) is 63.8 Å². The lowest BCUT2D eigenvalue weighted by Crippen LogP contribution is -2.34. The molecule has 1 fully saturated rings. The SMILES string of the molecule is Cc1cc(Cl)ccc1C1SC(C)(C)C(=O)Nc2c1c(C)nn2C1CCCC1. The molecule has 2 aromatic rings. The number of carbonyl (C=O) groups is 1. The van der Waals surface area contributed by atoms with E-state index >= 15 is 0 Å². The maximum absolute atomic E-state index is 13.0. The van der Waals surface area contributed by atoms with E-state index < -0.39 is 4.75 Å². The molecule has 0 spiro atoms. The summed E-state index contributed by atoms with van der Waals surface area (Å²) in [4.78, 5) is 13.0. The Morgan fingerprint density at radius 1 is 1.26 bits per heavy atom. The number of hydrogen-bond donors (Lipinski definition) is 1. The van der Waals surface area contributed by atoms with Gasteiger partial charge in [0.15, 0.2) is 0 Å². The monoisotopic (exact) mass is 403 g/mol. The molecule has 4 nitrogen and oxygen atoms in total. The highest BCUT2D eigenvalue weighted by Gasteiger charge is 2.41. The molecule has 144 valence electrons. The Morgan fingerprint density at radius 2 is 1.96 bits per heavy atom.